The Bertz CT molecular complexity index is 1080. The Kier molecular flexibility index (Phi) is 1.61. The number of rotatable bonds is 0. The van der Waals surface area contributed by atoms with Crippen LogP contribution in [0.15, 0.2) is 60.7 Å². The fraction of sp³-hybridized carbons (Fsp3) is 0.100. The summed E-state index contributed by atoms with van der Waals surface area (Å²) in [5.41, 5.74) is 2.74. The molecule has 1 nitrogen and oxygen atoms in total. The highest BCUT2D eigenvalue weighted by Crippen LogP contribution is 2.59. The summed E-state index contributed by atoms with van der Waals surface area (Å²) >= 11 is 0. The van der Waals surface area contributed by atoms with E-state index in [0.29, 0.717) is 0 Å². The smallest absolute Gasteiger partial charge is 0.114 e. The zero-order valence-corrected chi connectivity index (χ0v) is 11.3. The zero-order valence-electron chi connectivity index (χ0n) is 11.3. The van der Waals surface area contributed by atoms with Crippen LogP contribution in [0.25, 0.3) is 32.3 Å². The Balaban J connectivity index is 2.00. The summed E-state index contributed by atoms with van der Waals surface area (Å²) in [6.45, 7) is 0. The molecule has 0 amide bonds. The van der Waals surface area contributed by atoms with Crippen molar-refractivity contribution in [2.45, 2.75) is 12.2 Å². The third kappa shape index (κ3) is 1.13. The molecule has 1 saturated heterocycles. The number of hydrogen-bond acceptors (Lipinski definition) is 1. The summed E-state index contributed by atoms with van der Waals surface area (Å²) < 4.78 is 5.99. The van der Waals surface area contributed by atoms with Gasteiger partial charge in [0.05, 0.1) is 0 Å². The Morgan fingerprint density at radius 2 is 1.48 bits per heavy atom. The number of hydrogen-bond donors (Lipinski definition) is 0. The van der Waals surface area contributed by atoms with Crippen LogP contribution in [-0.4, -0.2) is 0 Å². The van der Waals surface area contributed by atoms with Gasteiger partial charge in [-0.3, -0.25) is 0 Å². The highest BCUT2D eigenvalue weighted by molar-refractivity contribution is 6.20. The van der Waals surface area contributed by atoms with Crippen molar-refractivity contribution in [3.8, 4) is 0 Å². The van der Waals surface area contributed by atoms with Crippen LogP contribution >= 0.6 is 0 Å². The maximum absolute atomic E-state index is 5.99. The topological polar surface area (TPSA) is 12.5 Å². The summed E-state index contributed by atoms with van der Waals surface area (Å²) in [6.07, 6.45) is 0.533. The normalized spacial score (nSPS) is 22.1. The van der Waals surface area contributed by atoms with Crippen molar-refractivity contribution in [2.75, 3.05) is 0 Å². The maximum Gasteiger partial charge on any atom is 0.114 e. The molecule has 6 rings (SSSR count). The van der Waals surface area contributed by atoms with Crippen molar-refractivity contribution in [3.05, 3.63) is 71.8 Å². The molecule has 0 saturated carbocycles. The number of epoxide rings is 1. The van der Waals surface area contributed by atoms with Crippen molar-refractivity contribution in [1.82, 2.24) is 0 Å². The number of benzene rings is 4. The molecule has 0 aromatic heterocycles. The molecule has 4 aromatic rings. The second kappa shape index (κ2) is 3.26. The molecule has 2 aliphatic rings. The summed E-state index contributed by atoms with van der Waals surface area (Å²) in [5, 5.41) is 8.14. The molecule has 1 fully saturated rings. The van der Waals surface area contributed by atoms with Gasteiger partial charge in [-0.25, -0.2) is 0 Å². The molecule has 2 atom stereocenters. The predicted octanol–water partition coefficient (Wildman–Crippen LogP) is 5.27. The van der Waals surface area contributed by atoms with E-state index in [1.807, 2.05) is 0 Å². The van der Waals surface area contributed by atoms with Gasteiger partial charge < -0.3 is 4.74 Å². The van der Waals surface area contributed by atoms with Crippen LogP contribution in [0.1, 0.15) is 23.3 Å². The summed E-state index contributed by atoms with van der Waals surface area (Å²) in [7, 11) is 0. The molecule has 0 spiro atoms. The van der Waals surface area contributed by atoms with Gasteiger partial charge in [0.25, 0.3) is 0 Å². The number of ether oxygens (including phenoxy) is 1. The van der Waals surface area contributed by atoms with Gasteiger partial charge in [0.15, 0.2) is 0 Å². The molecule has 1 aliphatic carbocycles. The lowest BCUT2D eigenvalue weighted by atomic mass is 9.84. The minimum absolute atomic E-state index is 0.262. The highest BCUT2D eigenvalue weighted by atomic mass is 16.6. The monoisotopic (exact) mass is 268 g/mol. The number of fused-ring (bicyclic) bond motifs is 5. The van der Waals surface area contributed by atoms with Gasteiger partial charge in [0.1, 0.15) is 12.2 Å². The summed E-state index contributed by atoms with van der Waals surface area (Å²) in [6, 6.07) is 22.1. The van der Waals surface area contributed by atoms with Gasteiger partial charge in [-0.1, -0.05) is 54.6 Å². The predicted molar refractivity (Wildman–Crippen MR) is 85.5 cm³/mol. The molecule has 1 heterocycles. The second-order valence-corrected chi connectivity index (χ2v) is 6.10. The maximum atomic E-state index is 5.99. The summed E-state index contributed by atoms with van der Waals surface area (Å²) in [5.74, 6) is 0. The molecule has 0 bridgehead atoms. The molecule has 0 radical (unpaired) electrons. The molecule has 0 N–H and O–H groups in total. The van der Waals surface area contributed by atoms with Gasteiger partial charge in [-0.2, -0.15) is 0 Å². The first-order valence-corrected chi connectivity index (χ1v) is 7.44. The third-order valence-corrected chi connectivity index (χ3v) is 5.03. The lowest BCUT2D eigenvalue weighted by molar-refractivity contribution is 0.380. The SMILES string of the molecule is c1ccc2c(c1)cc1c3c2ccc2cccc(c23)[C@@H]2O[C@H]12. The Labute approximate surface area is 121 Å². The van der Waals surface area contributed by atoms with E-state index in [9.17, 15) is 0 Å². The average Bonchev–Trinajstić information content (AvgIpc) is 3.34. The van der Waals surface area contributed by atoms with Crippen molar-refractivity contribution < 1.29 is 4.74 Å². The van der Waals surface area contributed by atoms with Crippen molar-refractivity contribution in [1.29, 1.82) is 0 Å². The van der Waals surface area contributed by atoms with Gasteiger partial charge in [0.2, 0.25) is 0 Å². The van der Waals surface area contributed by atoms with E-state index in [2.05, 4.69) is 60.7 Å². The van der Waals surface area contributed by atoms with Crippen LogP contribution < -0.4 is 0 Å². The van der Waals surface area contributed by atoms with E-state index in [-0.39, 0.29) is 12.2 Å². The quantitative estimate of drug-likeness (QED) is 0.312. The van der Waals surface area contributed by atoms with Crippen molar-refractivity contribution >= 4 is 32.3 Å². The lowest BCUT2D eigenvalue weighted by Gasteiger charge is -2.17. The molecule has 21 heavy (non-hydrogen) atoms. The Morgan fingerprint density at radius 1 is 0.619 bits per heavy atom. The molecule has 1 heteroatoms. The molecular formula is C20H12O. The largest absolute Gasteiger partial charge is 0.359 e. The van der Waals surface area contributed by atoms with Crippen LogP contribution in [0.3, 0.4) is 0 Å². The summed E-state index contributed by atoms with van der Waals surface area (Å²) in [4.78, 5) is 0. The second-order valence-electron chi connectivity index (χ2n) is 6.10. The first kappa shape index (κ1) is 10.4. The average molecular weight is 268 g/mol. The van der Waals surface area contributed by atoms with E-state index in [0.717, 1.165) is 0 Å². The third-order valence-electron chi connectivity index (χ3n) is 5.03. The van der Waals surface area contributed by atoms with Crippen molar-refractivity contribution in [3.63, 3.8) is 0 Å². The first-order chi connectivity index (χ1) is 10.4. The van der Waals surface area contributed by atoms with Crippen LogP contribution in [-0.2, 0) is 4.74 Å². The van der Waals surface area contributed by atoms with Crippen LogP contribution in [0.5, 0.6) is 0 Å². The fourth-order valence-electron chi connectivity index (χ4n) is 4.09. The zero-order chi connectivity index (χ0) is 13.6. The van der Waals surface area contributed by atoms with E-state index >= 15 is 0 Å². The van der Waals surface area contributed by atoms with Crippen molar-refractivity contribution in [2.24, 2.45) is 0 Å². The van der Waals surface area contributed by atoms with E-state index in [1.165, 1.54) is 43.4 Å². The Hall–Kier alpha value is -2.38. The lowest BCUT2D eigenvalue weighted by Crippen LogP contribution is -1.97. The van der Waals surface area contributed by atoms with Gasteiger partial charge in [0, 0.05) is 0 Å². The van der Waals surface area contributed by atoms with E-state index < -0.39 is 0 Å². The van der Waals surface area contributed by atoms with Gasteiger partial charge in [-0.05, 0) is 49.5 Å². The van der Waals surface area contributed by atoms with Gasteiger partial charge in [-0.15, -0.1) is 0 Å². The van der Waals surface area contributed by atoms with Crippen LogP contribution in [0, 0.1) is 0 Å². The van der Waals surface area contributed by atoms with Gasteiger partial charge >= 0.3 is 0 Å². The first-order valence-electron chi connectivity index (χ1n) is 7.44. The minimum atomic E-state index is 0.262. The Morgan fingerprint density at radius 3 is 2.48 bits per heavy atom. The molecule has 4 aromatic carbocycles. The van der Waals surface area contributed by atoms with Crippen LogP contribution in [0.2, 0.25) is 0 Å². The fourth-order valence-corrected chi connectivity index (χ4v) is 4.09. The standard InChI is InChI=1S/C20H12O/c1-2-6-13-12(4-1)10-16-18-14(13)9-8-11-5-3-7-15(17(11)18)19-20(16)21-19/h1-10,19-20H/t19-,20+/m0/s1. The molecule has 0 unspecified atom stereocenters. The molecular weight excluding hydrogens is 256 g/mol. The van der Waals surface area contributed by atoms with E-state index in [1.54, 1.807) is 0 Å². The highest BCUT2D eigenvalue weighted by Gasteiger charge is 2.46. The van der Waals surface area contributed by atoms with E-state index in [4.69, 9.17) is 4.74 Å². The molecule has 98 valence electrons. The minimum Gasteiger partial charge on any atom is -0.359 e. The van der Waals surface area contributed by atoms with Crippen LogP contribution in [0.4, 0.5) is 0 Å². The molecule has 1 aliphatic heterocycles.